The molecule has 0 fully saturated rings. The number of nitrogens with zero attached hydrogens (tertiary/aromatic N) is 2. The molecule has 0 aliphatic rings. The number of aromatic amines is 1. The topological polar surface area (TPSA) is 61.8 Å². The zero-order chi connectivity index (χ0) is 13.9. The molecule has 1 aromatic heterocycles. The van der Waals surface area contributed by atoms with Gasteiger partial charge in [-0.05, 0) is 11.6 Å². The first-order valence-electron chi connectivity index (χ1n) is 6.15. The molecule has 0 saturated heterocycles. The maximum atomic E-state index is 9.08. The average molecular weight is 286 g/mol. The molecule has 100 valence electrons. The lowest BCUT2D eigenvalue weighted by molar-refractivity contribution is 0.282. The number of halogens is 1. The molecule has 2 aromatic carbocycles. The van der Waals surface area contributed by atoms with Gasteiger partial charge in [0, 0.05) is 11.1 Å². The Labute approximate surface area is 121 Å². The zero-order valence-electron chi connectivity index (χ0n) is 10.5. The van der Waals surface area contributed by atoms with Crippen LogP contribution in [0.3, 0.4) is 0 Å². The van der Waals surface area contributed by atoms with Gasteiger partial charge in [0.15, 0.2) is 0 Å². The summed E-state index contributed by atoms with van der Waals surface area (Å²) in [5.74, 6) is 0. The van der Waals surface area contributed by atoms with Gasteiger partial charge in [-0.15, -0.1) is 0 Å². The Hall–Kier alpha value is -2.17. The Kier molecular flexibility index (Phi) is 3.50. The monoisotopic (exact) mass is 285 g/mol. The number of aliphatic hydroxyl groups is 1. The molecule has 0 saturated carbocycles. The van der Waals surface area contributed by atoms with Gasteiger partial charge in [0.1, 0.15) is 11.4 Å². The molecule has 3 rings (SSSR count). The number of aromatic nitrogens is 3. The molecule has 0 unspecified atom stereocenters. The van der Waals surface area contributed by atoms with Gasteiger partial charge in [0.05, 0.1) is 11.6 Å². The van der Waals surface area contributed by atoms with E-state index in [9.17, 15) is 0 Å². The smallest absolute Gasteiger partial charge is 0.122 e. The number of H-pyrrole nitrogens is 1. The van der Waals surface area contributed by atoms with Crippen LogP contribution in [0.15, 0.2) is 48.5 Å². The van der Waals surface area contributed by atoms with E-state index in [1.807, 2.05) is 48.5 Å². The largest absolute Gasteiger partial charge is 0.392 e. The number of benzene rings is 2. The average Bonchev–Trinajstić information content (AvgIpc) is 2.97. The normalized spacial score (nSPS) is 10.7. The molecular formula is C15H12ClN3O. The van der Waals surface area contributed by atoms with Gasteiger partial charge >= 0.3 is 0 Å². The van der Waals surface area contributed by atoms with Crippen LogP contribution in [0.1, 0.15) is 5.56 Å². The highest BCUT2D eigenvalue weighted by Crippen LogP contribution is 2.32. The lowest BCUT2D eigenvalue weighted by atomic mass is 10.0. The van der Waals surface area contributed by atoms with Crippen molar-refractivity contribution in [1.29, 1.82) is 0 Å². The fourth-order valence-corrected chi connectivity index (χ4v) is 2.27. The lowest BCUT2D eigenvalue weighted by Gasteiger charge is -2.04. The molecule has 0 spiro atoms. The molecule has 5 heteroatoms. The predicted octanol–water partition coefficient (Wildman–Crippen LogP) is 3.28. The van der Waals surface area contributed by atoms with E-state index in [1.54, 1.807) is 0 Å². The van der Waals surface area contributed by atoms with Crippen molar-refractivity contribution in [2.45, 2.75) is 6.61 Å². The van der Waals surface area contributed by atoms with Crippen LogP contribution in [0.4, 0.5) is 0 Å². The van der Waals surface area contributed by atoms with Crippen LogP contribution in [0.5, 0.6) is 0 Å². The van der Waals surface area contributed by atoms with E-state index in [1.165, 1.54) is 0 Å². The molecule has 0 aliphatic carbocycles. The number of nitrogens with one attached hydrogen (secondary N) is 1. The van der Waals surface area contributed by atoms with Crippen LogP contribution >= 0.6 is 11.6 Å². The van der Waals surface area contributed by atoms with Crippen molar-refractivity contribution in [3.63, 3.8) is 0 Å². The van der Waals surface area contributed by atoms with Gasteiger partial charge in [-0.25, -0.2) is 0 Å². The third-order valence-electron chi connectivity index (χ3n) is 3.09. The Balaban J connectivity index is 2.08. The molecule has 0 radical (unpaired) electrons. The number of hydrogen-bond acceptors (Lipinski definition) is 3. The molecule has 0 amide bonds. The maximum Gasteiger partial charge on any atom is 0.122 e. The van der Waals surface area contributed by atoms with E-state index in [0.717, 1.165) is 22.4 Å². The predicted molar refractivity (Wildman–Crippen MR) is 78.2 cm³/mol. The first kappa shape index (κ1) is 12.8. The zero-order valence-corrected chi connectivity index (χ0v) is 11.3. The molecular weight excluding hydrogens is 274 g/mol. The summed E-state index contributed by atoms with van der Waals surface area (Å²) in [7, 11) is 0. The Morgan fingerprint density at radius 1 is 0.950 bits per heavy atom. The van der Waals surface area contributed by atoms with Crippen molar-refractivity contribution >= 4 is 11.6 Å². The van der Waals surface area contributed by atoms with E-state index < -0.39 is 0 Å². The summed E-state index contributed by atoms with van der Waals surface area (Å²) < 4.78 is 0. The quantitative estimate of drug-likeness (QED) is 0.776. The van der Waals surface area contributed by atoms with Crippen LogP contribution in [0.25, 0.3) is 22.5 Å². The van der Waals surface area contributed by atoms with Gasteiger partial charge in [0.2, 0.25) is 0 Å². The van der Waals surface area contributed by atoms with Crippen LogP contribution in [0.2, 0.25) is 5.02 Å². The molecule has 20 heavy (non-hydrogen) atoms. The first-order chi connectivity index (χ1) is 9.79. The van der Waals surface area contributed by atoms with Crippen molar-refractivity contribution in [3.05, 3.63) is 59.1 Å². The highest BCUT2D eigenvalue weighted by molar-refractivity contribution is 6.33. The maximum absolute atomic E-state index is 9.08. The third kappa shape index (κ3) is 2.31. The molecule has 3 aromatic rings. The minimum absolute atomic E-state index is 0.0243. The van der Waals surface area contributed by atoms with Crippen molar-refractivity contribution in [2.75, 3.05) is 0 Å². The summed E-state index contributed by atoms with van der Waals surface area (Å²) in [5.41, 5.74) is 4.07. The highest BCUT2D eigenvalue weighted by atomic mass is 35.5. The minimum Gasteiger partial charge on any atom is -0.392 e. The van der Waals surface area contributed by atoms with Crippen LogP contribution in [-0.4, -0.2) is 20.5 Å². The first-order valence-corrected chi connectivity index (χ1v) is 6.53. The SMILES string of the molecule is OCc1ccc(-c2n[nH]nc2-c2ccccc2Cl)cc1. The van der Waals surface area contributed by atoms with E-state index in [-0.39, 0.29) is 6.61 Å². The van der Waals surface area contributed by atoms with Crippen molar-refractivity contribution < 1.29 is 5.11 Å². The van der Waals surface area contributed by atoms with E-state index in [0.29, 0.717) is 10.7 Å². The van der Waals surface area contributed by atoms with Crippen LogP contribution in [0, 0.1) is 0 Å². The number of aliphatic hydroxyl groups excluding tert-OH is 1. The fraction of sp³-hybridized carbons (Fsp3) is 0.0667. The number of hydrogen-bond donors (Lipinski definition) is 2. The van der Waals surface area contributed by atoms with Gasteiger partial charge in [-0.3, -0.25) is 0 Å². The summed E-state index contributed by atoms with van der Waals surface area (Å²) in [6.07, 6.45) is 0. The van der Waals surface area contributed by atoms with Gasteiger partial charge in [-0.1, -0.05) is 54.1 Å². The number of rotatable bonds is 3. The van der Waals surface area contributed by atoms with E-state index in [4.69, 9.17) is 16.7 Å². The second-order valence-electron chi connectivity index (χ2n) is 4.36. The molecule has 1 heterocycles. The Morgan fingerprint density at radius 3 is 2.35 bits per heavy atom. The summed E-state index contributed by atoms with van der Waals surface area (Å²) in [4.78, 5) is 0. The van der Waals surface area contributed by atoms with Crippen molar-refractivity contribution in [1.82, 2.24) is 15.4 Å². The third-order valence-corrected chi connectivity index (χ3v) is 3.42. The minimum atomic E-state index is 0.0243. The van der Waals surface area contributed by atoms with E-state index >= 15 is 0 Å². The van der Waals surface area contributed by atoms with Gasteiger partial charge in [-0.2, -0.15) is 15.4 Å². The molecule has 0 atom stereocenters. The Morgan fingerprint density at radius 2 is 1.65 bits per heavy atom. The Bertz CT molecular complexity index is 722. The standard InChI is InChI=1S/C15H12ClN3O/c16-13-4-2-1-3-12(13)15-14(17-19-18-15)11-7-5-10(9-20)6-8-11/h1-8,20H,9H2,(H,17,18,19). The van der Waals surface area contributed by atoms with Crippen molar-refractivity contribution in [2.24, 2.45) is 0 Å². The highest BCUT2D eigenvalue weighted by Gasteiger charge is 2.14. The fourth-order valence-electron chi connectivity index (χ4n) is 2.04. The summed E-state index contributed by atoms with van der Waals surface area (Å²) in [5, 5.41) is 20.8. The van der Waals surface area contributed by atoms with Gasteiger partial charge < -0.3 is 5.11 Å². The molecule has 0 aliphatic heterocycles. The second-order valence-corrected chi connectivity index (χ2v) is 4.76. The van der Waals surface area contributed by atoms with E-state index in [2.05, 4.69) is 15.4 Å². The summed E-state index contributed by atoms with van der Waals surface area (Å²) in [6, 6.07) is 15.1. The second kappa shape index (κ2) is 5.45. The summed E-state index contributed by atoms with van der Waals surface area (Å²) >= 11 is 6.21. The van der Waals surface area contributed by atoms with Crippen LogP contribution < -0.4 is 0 Å². The van der Waals surface area contributed by atoms with Gasteiger partial charge in [0.25, 0.3) is 0 Å². The summed E-state index contributed by atoms with van der Waals surface area (Å²) in [6.45, 7) is 0.0243. The van der Waals surface area contributed by atoms with Crippen molar-refractivity contribution in [3.8, 4) is 22.5 Å². The molecule has 0 bridgehead atoms. The lowest BCUT2D eigenvalue weighted by Crippen LogP contribution is -1.87. The molecule has 2 N–H and O–H groups in total. The molecule has 4 nitrogen and oxygen atoms in total. The van der Waals surface area contributed by atoms with Crippen LogP contribution in [-0.2, 0) is 6.61 Å².